The molecular formula is C25H29Cl2N3O. The number of benzene rings is 2. The Hall–Kier alpha value is -2.17. The number of carbonyl (C=O) groups excluding carboxylic acids is 1. The highest BCUT2D eigenvalue weighted by atomic mass is 35.5. The Morgan fingerprint density at radius 3 is 2.42 bits per heavy atom. The van der Waals surface area contributed by atoms with Gasteiger partial charge in [-0.3, -0.25) is 4.79 Å². The van der Waals surface area contributed by atoms with Gasteiger partial charge in [0.25, 0.3) is 0 Å². The topological polar surface area (TPSA) is 35.6 Å². The molecular weight excluding hydrogens is 429 g/mol. The molecule has 1 amide bonds. The Morgan fingerprint density at radius 1 is 1.06 bits per heavy atom. The Labute approximate surface area is 194 Å². The summed E-state index contributed by atoms with van der Waals surface area (Å²) in [4.78, 5) is 17.0. The van der Waals surface area contributed by atoms with E-state index in [1.165, 1.54) is 11.3 Å². The van der Waals surface area contributed by atoms with Crippen LogP contribution in [0.5, 0.6) is 0 Å². The molecule has 6 heteroatoms. The Morgan fingerprint density at radius 2 is 1.74 bits per heavy atom. The lowest BCUT2D eigenvalue weighted by Gasteiger charge is -2.49. The second-order valence-electron chi connectivity index (χ2n) is 8.65. The maximum absolute atomic E-state index is 12.5. The highest BCUT2D eigenvalue weighted by molar-refractivity contribution is 6.18. The largest absolute Gasteiger partial charge is 0.369 e. The van der Waals surface area contributed by atoms with Crippen LogP contribution in [0, 0.1) is 0 Å². The second-order valence-corrected chi connectivity index (χ2v) is 9.40. The van der Waals surface area contributed by atoms with Gasteiger partial charge in [0.2, 0.25) is 5.91 Å². The first-order valence-corrected chi connectivity index (χ1v) is 11.8. The van der Waals surface area contributed by atoms with E-state index in [0.717, 1.165) is 24.3 Å². The van der Waals surface area contributed by atoms with Gasteiger partial charge in [-0.1, -0.05) is 50.3 Å². The number of hydrogen-bond acceptors (Lipinski definition) is 3. The van der Waals surface area contributed by atoms with Gasteiger partial charge in [0.15, 0.2) is 0 Å². The fraction of sp³-hybridized carbons (Fsp3) is 0.400. The summed E-state index contributed by atoms with van der Waals surface area (Å²) in [6.07, 6.45) is 4.78. The summed E-state index contributed by atoms with van der Waals surface area (Å²) in [6.45, 7) is 6.66. The van der Waals surface area contributed by atoms with Gasteiger partial charge in [-0.15, -0.1) is 23.2 Å². The SMILES string of the molecule is CC1(C)c2ccccc2N2CCC(=O)N[C@]21/C=C/c1ccc(N(CCCl)CCCl)cc1. The summed E-state index contributed by atoms with van der Waals surface area (Å²) in [5.41, 5.74) is 3.79. The molecule has 4 rings (SSSR count). The Kier molecular flexibility index (Phi) is 6.23. The van der Waals surface area contributed by atoms with Crippen molar-refractivity contribution in [2.75, 3.05) is 41.2 Å². The molecule has 2 aliphatic rings. The third kappa shape index (κ3) is 3.81. The lowest BCUT2D eigenvalue weighted by atomic mass is 9.74. The maximum Gasteiger partial charge on any atom is 0.223 e. The minimum Gasteiger partial charge on any atom is -0.369 e. The number of nitrogens with zero attached hydrogens (tertiary/aromatic N) is 2. The normalized spacial score (nSPS) is 21.7. The number of halogens is 2. The van der Waals surface area contributed by atoms with Crippen molar-refractivity contribution in [1.29, 1.82) is 0 Å². The van der Waals surface area contributed by atoms with Gasteiger partial charge in [0.1, 0.15) is 5.66 Å². The molecule has 0 spiro atoms. The molecule has 0 aromatic heterocycles. The first-order chi connectivity index (χ1) is 14.9. The van der Waals surface area contributed by atoms with Crippen LogP contribution in [0.15, 0.2) is 54.6 Å². The summed E-state index contributed by atoms with van der Waals surface area (Å²) in [7, 11) is 0. The fourth-order valence-corrected chi connectivity index (χ4v) is 5.31. The highest BCUT2D eigenvalue weighted by Gasteiger charge is 2.57. The number of para-hydroxylation sites is 1. The standard InChI is InChI=1S/C25H29Cl2N3O/c1-24(2)21-5-3-4-6-22(21)30-16-12-23(31)28-25(24,30)13-11-19-7-9-20(10-8-19)29(17-14-26)18-15-27/h3-11,13H,12,14-18H2,1-2H3,(H,28,31)/b13-11+/t25-/m1/s1. The van der Waals surface area contributed by atoms with E-state index in [0.29, 0.717) is 24.7 Å². The number of anilines is 2. The predicted octanol–water partition coefficient (Wildman–Crippen LogP) is 5.00. The average molecular weight is 458 g/mol. The van der Waals surface area contributed by atoms with Crippen molar-refractivity contribution in [3.63, 3.8) is 0 Å². The minimum absolute atomic E-state index is 0.0925. The maximum atomic E-state index is 12.5. The molecule has 4 nitrogen and oxygen atoms in total. The average Bonchev–Trinajstić information content (AvgIpc) is 2.96. The molecule has 164 valence electrons. The summed E-state index contributed by atoms with van der Waals surface area (Å²) >= 11 is 11.9. The lowest BCUT2D eigenvalue weighted by molar-refractivity contribution is -0.124. The number of nitrogens with one attached hydrogen (secondary N) is 1. The first-order valence-electron chi connectivity index (χ1n) is 10.8. The van der Waals surface area contributed by atoms with E-state index in [1.54, 1.807) is 0 Å². The fourth-order valence-electron chi connectivity index (χ4n) is 4.91. The molecule has 0 aliphatic carbocycles. The number of carbonyl (C=O) groups is 1. The Balaban J connectivity index is 1.66. The number of fused-ring (bicyclic) bond motifs is 3. The zero-order valence-electron chi connectivity index (χ0n) is 18.1. The van der Waals surface area contributed by atoms with E-state index >= 15 is 0 Å². The van der Waals surface area contributed by atoms with Crippen molar-refractivity contribution in [2.24, 2.45) is 0 Å². The van der Waals surface area contributed by atoms with Crippen LogP contribution in [0.25, 0.3) is 6.08 Å². The molecule has 1 atom stereocenters. The summed E-state index contributed by atoms with van der Waals surface area (Å²) in [5, 5.41) is 3.33. The monoisotopic (exact) mass is 457 g/mol. The zero-order valence-corrected chi connectivity index (χ0v) is 19.6. The van der Waals surface area contributed by atoms with Crippen LogP contribution in [0.3, 0.4) is 0 Å². The molecule has 1 saturated heterocycles. The van der Waals surface area contributed by atoms with Crippen molar-refractivity contribution in [2.45, 2.75) is 31.3 Å². The summed E-state index contributed by atoms with van der Waals surface area (Å²) in [6, 6.07) is 16.9. The zero-order chi connectivity index (χ0) is 22.1. The third-order valence-electron chi connectivity index (χ3n) is 6.62. The van der Waals surface area contributed by atoms with Crippen molar-refractivity contribution in [3.8, 4) is 0 Å². The van der Waals surface area contributed by atoms with Gasteiger partial charge in [0.05, 0.1) is 0 Å². The third-order valence-corrected chi connectivity index (χ3v) is 6.96. The van der Waals surface area contributed by atoms with Gasteiger partial charge in [-0.05, 0) is 35.4 Å². The molecule has 0 radical (unpaired) electrons. The van der Waals surface area contributed by atoms with Crippen molar-refractivity contribution in [3.05, 3.63) is 65.7 Å². The molecule has 31 heavy (non-hydrogen) atoms. The van der Waals surface area contributed by atoms with E-state index in [4.69, 9.17) is 23.2 Å². The van der Waals surface area contributed by atoms with Crippen LogP contribution in [-0.4, -0.2) is 43.0 Å². The molecule has 1 N–H and O–H groups in total. The highest BCUT2D eigenvalue weighted by Crippen LogP contribution is 2.52. The summed E-state index contributed by atoms with van der Waals surface area (Å²) in [5.74, 6) is 1.22. The van der Waals surface area contributed by atoms with Crippen LogP contribution in [0.2, 0.25) is 0 Å². The molecule has 1 fully saturated rings. The number of rotatable bonds is 7. The molecule has 0 unspecified atom stereocenters. The van der Waals surface area contributed by atoms with Crippen molar-refractivity contribution in [1.82, 2.24) is 5.32 Å². The second kappa shape index (κ2) is 8.76. The van der Waals surface area contributed by atoms with Crippen LogP contribution < -0.4 is 15.1 Å². The predicted molar refractivity (Wildman–Crippen MR) is 131 cm³/mol. The van der Waals surface area contributed by atoms with Crippen LogP contribution in [0.1, 0.15) is 31.4 Å². The molecule has 2 aliphatic heterocycles. The van der Waals surface area contributed by atoms with Gasteiger partial charge in [0, 0.05) is 54.6 Å². The molecule has 2 aromatic carbocycles. The molecule has 2 aromatic rings. The molecule has 2 heterocycles. The van der Waals surface area contributed by atoms with E-state index < -0.39 is 5.66 Å². The van der Waals surface area contributed by atoms with Gasteiger partial charge in [-0.25, -0.2) is 0 Å². The van der Waals surface area contributed by atoms with Crippen LogP contribution in [0.4, 0.5) is 11.4 Å². The van der Waals surface area contributed by atoms with Crippen molar-refractivity contribution < 1.29 is 4.79 Å². The van der Waals surface area contributed by atoms with Crippen LogP contribution in [-0.2, 0) is 10.2 Å². The quantitative estimate of drug-likeness (QED) is 0.594. The molecule has 0 bridgehead atoms. The Bertz CT molecular complexity index is 967. The summed E-state index contributed by atoms with van der Waals surface area (Å²) < 4.78 is 0. The van der Waals surface area contributed by atoms with Gasteiger partial charge in [-0.2, -0.15) is 0 Å². The van der Waals surface area contributed by atoms with Crippen molar-refractivity contribution >= 4 is 46.6 Å². The minimum atomic E-state index is -0.589. The first kappa shape index (κ1) is 22.0. The van der Waals surface area contributed by atoms with E-state index in [-0.39, 0.29) is 11.3 Å². The number of hydrogen-bond donors (Lipinski definition) is 1. The van der Waals surface area contributed by atoms with E-state index in [2.05, 4.69) is 89.6 Å². The lowest BCUT2D eigenvalue weighted by Crippen LogP contribution is -2.68. The number of amides is 1. The van der Waals surface area contributed by atoms with E-state index in [1.807, 2.05) is 0 Å². The smallest absolute Gasteiger partial charge is 0.223 e. The molecule has 0 saturated carbocycles. The van der Waals surface area contributed by atoms with E-state index in [9.17, 15) is 4.79 Å². The van der Waals surface area contributed by atoms with Crippen LogP contribution >= 0.6 is 23.2 Å². The van der Waals surface area contributed by atoms with Gasteiger partial charge < -0.3 is 15.1 Å². The van der Waals surface area contributed by atoms with Gasteiger partial charge >= 0.3 is 0 Å². The number of alkyl halides is 2.